The molecule has 0 amide bonds. The monoisotopic (exact) mass is 389 g/mol. The van der Waals surface area contributed by atoms with Crippen molar-refractivity contribution in [3.8, 4) is 11.5 Å². The highest BCUT2D eigenvalue weighted by Crippen LogP contribution is 2.41. The highest BCUT2D eigenvalue weighted by molar-refractivity contribution is 7.15. The molecular formula is C24H27NO2Si. The molecule has 3 nitrogen and oxygen atoms in total. The van der Waals surface area contributed by atoms with Crippen LogP contribution in [0.3, 0.4) is 0 Å². The smallest absolute Gasteiger partial charge is 0.158 e. The van der Waals surface area contributed by atoms with E-state index in [-0.39, 0.29) is 5.04 Å². The standard InChI is InChI=1S/C24H27NO2Si/c1-24(2,3)28(19-13-10-17(26-4)11-14-19)22-9-7-6-8-20(22)25-21-16-18(27-5)12-15-23(21)28/h6-16,25H,1-5H3. The fourth-order valence-electron chi connectivity index (χ4n) is 4.68. The summed E-state index contributed by atoms with van der Waals surface area (Å²) in [6.45, 7) is 7.12. The SMILES string of the molecule is COc1ccc([Si]2(C(C)(C)C)c3ccccc3Nc3cc(OC)ccc32)cc1. The molecular weight excluding hydrogens is 362 g/mol. The molecule has 1 unspecified atom stereocenters. The molecule has 0 fully saturated rings. The highest BCUT2D eigenvalue weighted by atomic mass is 28.3. The molecule has 0 aliphatic carbocycles. The van der Waals surface area contributed by atoms with Crippen molar-refractivity contribution in [1.29, 1.82) is 0 Å². The zero-order valence-corrected chi connectivity index (χ0v) is 18.2. The Morgan fingerprint density at radius 3 is 1.96 bits per heavy atom. The van der Waals surface area contributed by atoms with Crippen LogP contribution in [0, 0.1) is 0 Å². The number of hydrogen-bond acceptors (Lipinski definition) is 3. The zero-order chi connectivity index (χ0) is 19.9. The van der Waals surface area contributed by atoms with Crippen molar-refractivity contribution in [1.82, 2.24) is 0 Å². The summed E-state index contributed by atoms with van der Waals surface area (Å²) in [7, 11) is 1.09. The molecule has 1 atom stereocenters. The fraction of sp³-hybridized carbons (Fsp3) is 0.250. The third-order valence-electron chi connectivity index (χ3n) is 5.88. The third-order valence-corrected chi connectivity index (χ3v) is 11.8. The van der Waals surface area contributed by atoms with E-state index in [0.717, 1.165) is 17.2 Å². The second kappa shape index (κ2) is 6.71. The van der Waals surface area contributed by atoms with Gasteiger partial charge in [0, 0.05) is 17.4 Å². The van der Waals surface area contributed by atoms with Gasteiger partial charge in [-0.1, -0.05) is 57.2 Å². The van der Waals surface area contributed by atoms with Crippen molar-refractivity contribution in [2.24, 2.45) is 0 Å². The van der Waals surface area contributed by atoms with E-state index in [1.807, 2.05) is 0 Å². The van der Waals surface area contributed by atoms with E-state index in [0.29, 0.717) is 0 Å². The molecule has 3 aromatic carbocycles. The van der Waals surface area contributed by atoms with Gasteiger partial charge in [-0.2, -0.15) is 0 Å². The van der Waals surface area contributed by atoms with Gasteiger partial charge in [0.05, 0.1) is 14.2 Å². The largest absolute Gasteiger partial charge is 0.497 e. The average Bonchev–Trinajstić information content (AvgIpc) is 2.70. The molecule has 3 aromatic rings. The summed E-state index contributed by atoms with van der Waals surface area (Å²) < 4.78 is 10.9. The average molecular weight is 390 g/mol. The molecule has 1 heterocycles. The Morgan fingerprint density at radius 2 is 1.32 bits per heavy atom. The third kappa shape index (κ3) is 2.63. The van der Waals surface area contributed by atoms with Gasteiger partial charge in [-0.05, 0) is 44.9 Å². The molecule has 4 rings (SSSR count). The Bertz CT molecular complexity index is 1010. The minimum Gasteiger partial charge on any atom is -0.497 e. The van der Waals surface area contributed by atoms with Crippen LogP contribution in [-0.4, -0.2) is 22.3 Å². The maximum atomic E-state index is 5.52. The summed E-state index contributed by atoms with van der Waals surface area (Å²) in [5, 5.41) is 7.93. The Hall–Kier alpha value is -2.72. The Morgan fingerprint density at radius 1 is 0.714 bits per heavy atom. The van der Waals surface area contributed by atoms with E-state index in [1.54, 1.807) is 14.2 Å². The van der Waals surface area contributed by atoms with Crippen LogP contribution in [0.5, 0.6) is 11.5 Å². The minimum atomic E-state index is -2.35. The maximum Gasteiger partial charge on any atom is 0.158 e. The topological polar surface area (TPSA) is 30.5 Å². The highest BCUT2D eigenvalue weighted by Gasteiger charge is 2.53. The van der Waals surface area contributed by atoms with Gasteiger partial charge in [0.1, 0.15) is 11.5 Å². The van der Waals surface area contributed by atoms with Gasteiger partial charge in [0.25, 0.3) is 0 Å². The molecule has 0 spiro atoms. The molecule has 28 heavy (non-hydrogen) atoms. The first-order chi connectivity index (χ1) is 13.4. The van der Waals surface area contributed by atoms with Crippen LogP contribution in [0.4, 0.5) is 11.4 Å². The van der Waals surface area contributed by atoms with Gasteiger partial charge in [0.15, 0.2) is 8.07 Å². The van der Waals surface area contributed by atoms with E-state index in [1.165, 1.54) is 21.2 Å². The maximum absolute atomic E-state index is 5.52. The quantitative estimate of drug-likeness (QED) is 0.686. The molecule has 0 saturated carbocycles. The lowest BCUT2D eigenvalue weighted by Crippen LogP contribution is -2.74. The normalized spacial score (nSPS) is 17.9. The summed E-state index contributed by atoms with van der Waals surface area (Å²) in [4.78, 5) is 0. The summed E-state index contributed by atoms with van der Waals surface area (Å²) >= 11 is 0. The number of ether oxygens (including phenoxy) is 2. The number of anilines is 2. The van der Waals surface area contributed by atoms with Gasteiger partial charge < -0.3 is 14.8 Å². The molecule has 1 N–H and O–H groups in total. The van der Waals surface area contributed by atoms with Gasteiger partial charge in [-0.3, -0.25) is 0 Å². The van der Waals surface area contributed by atoms with Gasteiger partial charge in [-0.25, -0.2) is 0 Å². The summed E-state index contributed by atoms with van der Waals surface area (Å²) in [5.74, 6) is 1.76. The first-order valence-corrected chi connectivity index (χ1v) is 11.6. The van der Waals surface area contributed by atoms with Crippen molar-refractivity contribution >= 4 is 35.0 Å². The first-order valence-electron chi connectivity index (χ1n) is 9.61. The van der Waals surface area contributed by atoms with Gasteiger partial charge >= 0.3 is 0 Å². The lowest BCUT2D eigenvalue weighted by atomic mass is 10.2. The molecule has 0 aromatic heterocycles. The minimum absolute atomic E-state index is 0.0587. The number of fused-ring (bicyclic) bond motifs is 2. The lowest BCUT2D eigenvalue weighted by Gasteiger charge is -2.48. The number of nitrogens with one attached hydrogen (secondary N) is 1. The summed E-state index contributed by atoms with van der Waals surface area (Å²) in [6, 6.07) is 23.9. The molecule has 144 valence electrons. The lowest BCUT2D eigenvalue weighted by molar-refractivity contribution is 0.415. The van der Waals surface area contributed by atoms with E-state index in [2.05, 4.69) is 92.8 Å². The molecule has 1 aliphatic heterocycles. The van der Waals surface area contributed by atoms with Crippen LogP contribution in [0.25, 0.3) is 0 Å². The number of benzene rings is 3. The predicted molar refractivity (Wildman–Crippen MR) is 120 cm³/mol. The van der Waals surface area contributed by atoms with Crippen molar-refractivity contribution in [2.75, 3.05) is 19.5 Å². The molecule has 1 aliphatic rings. The number of rotatable bonds is 3. The Balaban J connectivity index is 2.10. The summed E-state index contributed by atoms with van der Waals surface area (Å²) in [5.41, 5.74) is 2.34. The zero-order valence-electron chi connectivity index (χ0n) is 17.2. The molecule has 4 heteroatoms. The van der Waals surface area contributed by atoms with Crippen molar-refractivity contribution in [2.45, 2.75) is 25.8 Å². The number of methoxy groups -OCH3 is 2. The fourth-order valence-corrected chi connectivity index (χ4v) is 10.5. The summed E-state index contributed by atoms with van der Waals surface area (Å²) in [6.07, 6.45) is 0. The van der Waals surface area contributed by atoms with Crippen molar-refractivity contribution in [3.63, 3.8) is 0 Å². The first kappa shape index (κ1) is 18.6. The van der Waals surface area contributed by atoms with Crippen LogP contribution in [0.15, 0.2) is 66.7 Å². The van der Waals surface area contributed by atoms with E-state index in [9.17, 15) is 0 Å². The van der Waals surface area contributed by atoms with E-state index >= 15 is 0 Å². The van der Waals surface area contributed by atoms with Crippen molar-refractivity contribution < 1.29 is 9.47 Å². The Kier molecular flexibility index (Phi) is 4.46. The molecule has 0 saturated heterocycles. The van der Waals surface area contributed by atoms with E-state index < -0.39 is 8.07 Å². The number of hydrogen-bond donors (Lipinski definition) is 1. The second-order valence-electron chi connectivity index (χ2n) is 8.31. The van der Waals surface area contributed by atoms with Crippen LogP contribution >= 0.6 is 0 Å². The molecule has 0 radical (unpaired) electrons. The van der Waals surface area contributed by atoms with E-state index in [4.69, 9.17) is 9.47 Å². The number of para-hydroxylation sites is 1. The predicted octanol–water partition coefficient (Wildman–Crippen LogP) is 4.03. The van der Waals surface area contributed by atoms with Crippen LogP contribution in [-0.2, 0) is 0 Å². The van der Waals surface area contributed by atoms with Gasteiger partial charge in [-0.15, -0.1) is 0 Å². The second-order valence-corrected chi connectivity index (χ2v) is 13.0. The van der Waals surface area contributed by atoms with Crippen LogP contribution < -0.4 is 30.4 Å². The van der Waals surface area contributed by atoms with Crippen LogP contribution in [0.1, 0.15) is 20.8 Å². The molecule has 0 bridgehead atoms. The van der Waals surface area contributed by atoms with Crippen molar-refractivity contribution in [3.05, 3.63) is 66.7 Å². The van der Waals surface area contributed by atoms with Crippen LogP contribution in [0.2, 0.25) is 5.04 Å². The Labute approximate surface area is 168 Å². The van der Waals surface area contributed by atoms with Gasteiger partial charge in [0.2, 0.25) is 0 Å².